The van der Waals surface area contributed by atoms with Gasteiger partial charge in [0.1, 0.15) is 11.6 Å². The number of nitrogens with one attached hydrogen (secondary N) is 2. The molecule has 206 valence electrons. The second-order valence-electron chi connectivity index (χ2n) is 11.3. The maximum absolute atomic E-state index is 14.0. The van der Waals surface area contributed by atoms with E-state index in [4.69, 9.17) is 21.1 Å². The van der Waals surface area contributed by atoms with Crippen molar-refractivity contribution in [2.24, 2.45) is 11.8 Å². The lowest BCUT2D eigenvalue weighted by Crippen LogP contribution is -2.56. The largest absolute Gasteiger partial charge is 0.379 e. The number of nitrogens with zero attached hydrogens (tertiary/aromatic N) is 1. The van der Waals surface area contributed by atoms with Gasteiger partial charge >= 0.3 is 0 Å². The van der Waals surface area contributed by atoms with Gasteiger partial charge in [0.25, 0.3) is 0 Å². The lowest BCUT2D eigenvalue weighted by molar-refractivity contribution is -0.141. The first-order valence-corrected chi connectivity index (χ1v) is 14.3. The van der Waals surface area contributed by atoms with Crippen LogP contribution in [-0.4, -0.2) is 65.7 Å². The van der Waals surface area contributed by atoms with Gasteiger partial charge in [0.2, 0.25) is 17.7 Å². The molecule has 8 nitrogen and oxygen atoms in total. The van der Waals surface area contributed by atoms with Gasteiger partial charge in [0.05, 0.1) is 24.0 Å². The van der Waals surface area contributed by atoms with Crippen molar-refractivity contribution in [3.8, 4) is 0 Å². The topological polar surface area (TPSA) is 97.0 Å². The van der Waals surface area contributed by atoms with E-state index in [9.17, 15) is 14.4 Å². The molecule has 1 aliphatic carbocycles. The van der Waals surface area contributed by atoms with Crippen molar-refractivity contribution in [1.82, 2.24) is 10.2 Å². The summed E-state index contributed by atoms with van der Waals surface area (Å²) in [6, 6.07) is 4.60. The minimum absolute atomic E-state index is 0.0814. The summed E-state index contributed by atoms with van der Waals surface area (Å²) < 4.78 is 12.1. The van der Waals surface area contributed by atoms with Gasteiger partial charge in [-0.3, -0.25) is 14.4 Å². The molecular formula is C29H38ClN3O5. The summed E-state index contributed by atoms with van der Waals surface area (Å²) in [6.45, 7) is 6.66. The molecule has 5 atom stereocenters. The van der Waals surface area contributed by atoms with Crippen molar-refractivity contribution in [1.29, 1.82) is 0 Å². The molecule has 0 radical (unpaired) electrons. The summed E-state index contributed by atoms with van der Waals surface area (Å²) in [5.74, 6) is -2.24. The molecule has 3 amide bonds. The number of halogens is 1. The summed E-state index contributed by atoms with van der Waals surface area (Å²) >= 11 is 6.26. The minimum atomic E-state index is -1.16. The Morgan fingerprint density at radius 3 is 2.68 bits per heavy atom. The van der Waals surface area contributed by atoms with Gasteiger partial charge in [-0.15, -0.1) is 0 Å². The average molecular weight is 544 g/mol. The maximum Gasteiger partial charge on any atom is 0.246 e. The van der Waals surface area contributed by atoms with Crippen molar-refractivity contribution < 1.29 is 23.9 Å². The Morgan fingerprint density at radius 2 is 1.97 bits per heavy atom. The van der Waals surface area contributed by atoms with Gasteiger partial charge in [-0.2, -0.15) is 0 Å². The van der Waals surface area contributed by atoms with E-state index in [1.165, 1.54) is 6.42 Å². The molecular weight excluding hydrogens is 506 g/mol. The van der Waals surface area contributed by atoms with Gasteiger partial charge in [-0.25, -0.2) is 0 Å². The summed E-state index contributed by atoms with van der Waals surface area (Å²) in [7, 11) is 0. The van der Waals surface area contributed by atoms with Crippen LogP contribution in [0.5, 0.6) is 0 Å². The highest BCUT2D eigenvalue weighted by Gasteiger charge is 2.72. The van der Waals surface area contributed by atoms with E-state index in [1.807, 2.05) is 39.0 Å². The fourth-order valence-electron chi connectivity index (χ4n) is 6.49. The van der Waals surface area contributed by atoms with E-state index in [2.05, 4.69) is 10.6 Å². The Kier molecular flexibility index (Phi) is 7.85. The molecule has 5 rings (SSSR count). The first kappa shape index (κ1) is 27.2. The molecule has 2 N–H and O–H groups in total. The number of rotatable bonds is 9. The molecule has 4 aliphatic rings. The summed E-state index contributed by atoms with van der Waals surface area (Å²) in [5, 5.41) is 6.69. The Hall–Kier alpha value is -2.42. The van der Waals surface area contributed by atoms with Gasteiger partial charge in [0.15, 0.2) is 0 Å². The standard InChI is InChI=1S/C29H38ClN3O5/c1-17(2)37-15-7-14-33-25(27(35)31-19-8-5-4-6-9-19)29-13-12-22(38-29)23(24(29)28(33)36)26(34)32-20-11-10-18(3)21(30)16-20/h10-13,16-17,19,22-25H,4-9,14-15H2,1-3H3,(H,31,35)(H,32,34)/t22-,23-,24-,25-,29-/m1/s1. The molecule has 9 heteroatoms. The van der Waals surface area contributed by atoms with Crippen LogP contribution in [0.1, 0.15) is 57.9 Å². The number of hydrogen-bond donors (Lipinski definition) is 2. The van der Waals surface area contributed by atoms with E-state index in [0.29, 0.717) is 30.3 Å². The predicted octanol–water partition coefficient (Wildman–Crippen LogP) is 4.00. The summed E-state index contributed by atoms with van der Waals surface area (Å²) in [5.41, 5.74) is 0.308. The Labute approximate surface area is 229 Å². The van der Waals surface area contributed by atoms with Crippen LogP contribution in [0.15, 0.2) is 30.4 Å². The average Bonchev–Trinajstić information content (AvgIpc) is 3.52. The predicted molar refractivity (Wildman–Crippen MR) is 145 cm³/mol. The van der Waals surface area contributed by atoms with E-state index in [0.717, 1.165) is 31.2 Å². The Morgan fingerprint density at radius 1 is 1.21 bits per heavy atom. The zero-order chi connectivity index (χ0) is 27.0. The Balaban J connectivity index is 1.39. The summed E-state index contributed by atoms with van der Waals surface area (Å²) in [6.07, 6.45) is 9.02. The molecule has 3 heterocycles. The van der Waals surface area contributed by atoms with E-state index in [-0.39, 0.29) is 29.9 Å². The number of ether oxygens (including phenoxy) is 2. The normalized spacial score (nSPS) is 30.2. The molecule has 38 heavy (non-hydrogen) atoms. The quantitative estimate of drug-likeness (QED) is 0.362. The summed E-state index contributed by atoms with van der Waals surface area (Å²) in [4.78, 5) is 43.0. The number of fused-ring (bicyclic) bond motifs is 1. The molecule has 1 saturated carbocycles. The number of anilines is 1. The molecule has 2 saturated heterocycles. The lowest BCUT2D eigenvalue weighted by Gasteiger charge is -2.34. The fourth-order valence-corrected chi connectivity index (χ4v) is 6.67. The number of benzene rings is 1. The van der Waals surface area contributed by atoms with E-state index < -0.39 is 29.6 Å². The van der Waals surface area contributed by atoms with Gasteiger partial charge in [-0.1, -0.05) is 49.1 Å². The maximum atomic E-state index is 14.0. The van der Waals surface area contributed by atoms with Crippen LogP contribution >= 0.6 is 11.6 Å². The monoisotopic (exact) mass is 543 g/mol. The third-order valence-corrected chi connectivity index (χ3v) is 8.72. The van der Waals surface area contributed by atoms with Crippen LogP contribution in [0, 0.1) is 18.8 Å². The second-order valence-corrected chi connectivity index (χ2v) is 11.7. The van der Waals surface area contributed by atoms with E-state index >= 15 is 0 Å². The van der Waals surface area contributed by atoms with Crippen LogP contribution in [0.2, 0.25) is 5.02 Å². The highest BCUT2D eigenvalue weighted by molar-refractivity contribution is 6.31. The van der Waals surface area contributed by atoms with Crippen LogP contribution in [-0.2, 0) is 23.9 Å². The molecule has 1 aromatic carbocycles. The van der Waals surface area contributed by atoms with Crippen molar-refractivity contribution in [2.45, 2.75) is 89.2 Å². The molecule has 1 aromatic rings. The van der Waals surface area contributed by atoms with Gasteiger partial charge < -0.3 is 25.0 Å². The van der Waals surface area contributed by atoms with Crippen LogP contribution in [0.25, 0.3) is 0 Å². The third-order valence-electron chi connectivity index (χ3n) is 8.31. The molecule has 0 aromatic heterocycles. The van der Waals surface area contributed by atoms with Crippen molar-refractivity contribution in [2.75, 3.05) is 18.5 Å². The van der Waals surface area contributed by atoms with Crippen molar-refractivity contribution in [3.05, 3.63) is 40.9 Å². The number of hydrogen-bond acceptors (Lipinski definition) is 5. The smallest absolute Gasteiger partial charge is 0.246 e. The number of likely N-dealkylation sites (tertiary alicyclic amines) is 1. The first-order chi connectivity index (χ1) is 18.2. The molecule has 3 fully saturated rings. The zero-order valence-electron chi connectivity index (χ0n) is 22.4. The van der Waals surface area contributed by atoms with E-state index in [1.54, 1.807) is 17.0 Å². The van der Waals surface area contributed by atoms with Crippen LogP contribution in [0.3, 0.4) is 0 Å². The number of amides is 3. The number of carbonyl (C=O) groups is 3. The molecule has 2 bridgehead atoms. The highest BCUT2D eigenvalue weighted by Crippen LogP contribution is 2.55. The highest BCUT2D eigenvalue weighted by atomic mass is 35.5. The van der Waals surface area contributed by atoms with Gasteiger partial charge in [0, 0.05) is 29.9 Å². The van der Waals surface area contributed by atoms with Crippen molar-refractivity contribution in [3.63, 3.8) is 0 Å². The molecule has 1 spiro atoms. The minimum Gasteiger partial charge on any atom is -0.379 e. The Bertz CT molecular complexity index is 1120. The van der Waals surface area contributed by atoms with Crippen LogP contribution in [0.4, 0.5) is 5.69 Å². The van der Waals surface area contributed by atoms with Gasteiger partial charge in [-0.05, 0) is 57.7 Å². The third kappa shape index (κ3) is 4.98. The fraction of sp³-hybridized carbons (Fsp3) is 0.621. The van der Waals surface area contributed by atoms with Crippen molar-refractivity contribution >= 4 is 35.0 Å². The number of aryl methyl sites for hydroxylation is 1. The first-order valence-electron chi connectivity index (χ1n) is 13.9. The zero-order valence-corrected chi connectivity index (χ0v) is 23.1. The SMILES string of the molecule is Cc1ccc(NC(=O)[C@@H]2[C@H]3C=C[C@@]4(O3)[C@H]2C(=O)N(CCCOC(C)C)[C@@H]4C(=O)NC2CCCCC2)cc1Cl. The number of carbonyl (C=O) groups excluding carboxylic acids is 3. The second kappa shape index (κ2) is 11.0. The molecule has 3 aliphatic heterocycles. The molecule has 0 unspecified atom stereocenters. The lowest BCUT2D eigenvalue weighted by atomic mass is 9.74. The van der Waals surface area contributed by atoms with Crippen LogP contribution < -0.4 is 10.6 Å².